The lowest BCUT2D eigenvalue weighted by Gasteiger charge is -2.12. The molecule has 2 N–H and O–H groups in total. The first-order chi connectivity index (χ1) is 18.6. The van der Waals surface area contributed by atoms with E-state index in [4.69, 9.17) is 14.5 Å². The number of hydrogen-bond acceptors (Lipinski definition) is 5. The Balaban J connectivity index is 1.40. The van der Waals surface area contributed by atoms with Crippen LogP contribution < -0.4 is 20.1 Å². The molecule has 5 rings (SSSR count). The smallest absolute Gasteiger partial charge is 0.255 e. The highest BCUT2D eigenvalue weighted by Gasteiger charge is 2.17. The van der Waals surface area contributed by atoms with E-state index in [1.54, 1.807) is 50.6 Å². The lowest BCUT2D eigenvalue weighted by atomic mass is 10.1. The first kappa shape index (κ1) is 24.6. The van der Waals surface area contributed by atoms with Crippen LogP contribution in [0.5, 0.6) is 11.5 Å². The van der Waals surface area contributed by atoms with E-state index < -0.39 is 0 Å². The zero-order valence-electron chi connectivity index (χ0n) is 21.0. The number of carbonyl (C=O) groups excluding carboxylic acids is 2. The fourth-order valence-corrected chi connectivity index (χ4v) is 4.21. The van der Waals surface area contributed by atoms with Crippen molar-refractivity contribution < 1.29 is 19.1 Å². The number of anilines is 2. The van der Waals surface area contributed by atoms with Crippen LogP contribution in [0, 0.1) is 0 Å². The maximum Gasteiger partial charge on any atom is 0.255 e. The number of ether oxygens (including phenoxy) is 2. The Kier molecular flexibility index (Phi) is 7.04. The summed E-state index contributed by atoms with van der Waals surface area (Å²) in [6.45, 7) is 0.0476. The molecule has 0 fully saturated rings. The number of fused-ring (bicyclic) bond motifs is 1. The summed E-state index contributed by atoms with van der Waals surface area (Å²) >= 11 is 0. The molecule has 0 radical (unpaired) electrons. The van der Waals surface area contributed by atoms with Crippen molar-refractivity contribution in [1.29, 1.82) is 0 Å². The molecule has 2 amide bonds. The second kappa shape index (κ2) is 10.9. The Morgan fingerprint density at radius 3 is 2.37 bits per heavy atom. The van der Waals surface area contributed by atoms with Crippen LogP contribution in [0.1, 0.15) is 10.4 Å². The topological polar surface area (TPSA) is 94.5 Å². The third kappa shape index (κ3) is 5.19. The summed E-state index contributed by atoms with van der Waals surface area (Å²) in [7, 11) is 3.14. The second-order valence-corrected chi connectivity index (χ2v) is 8.52. The van der Waals surface area contributed by atoms with Crippen LogP contribution in [0.4, 0.5) is 11.4 Å². The van der Waals surface area contributed by atoms with E-state index in [0.29, 0.717) is 34.3 Å². The lowest BCUT2D eigenvalue weighted by Crippen LogP contribution is -2.19. The lowest BCUT2D eigenvalue weighted by molar-refractivity contribution is -0.116. The van der Waals surface area contributed by atoms with Crippen molar-refractivity contribution in [2.24, 2.45) is 0 Å². The number of methoxy groups -OCH3 is 2. The van der Waals surface area contributed by atoms with Crippen molar-refractivity contribution >= 4 is 34.2 Å². The van der Waals surface area contributed by atoms with Gasteiger partial charge in [-0.05, 0) is 48.5 Å². The van der Waals surface area contributed by atoms with E-state index in [1.165, 1.54) is 0 Å². The summed E-state index contributed by atoms with van der Waals surface area (Å²) in [5, 5.41) is 5.80. The molecule has 38 heavy (non-hydrogen) atoms. The summed E-state index contributed by atoms with van der Waals surface area (Å²) in [6, 6.07) is 29.2. The molecule has 0 aliphatic carbocycles. The average molecular weight is 507 g/mol. The van der Waals surface area contributed by atoms with E-state index in [9.17, 15) is 9.59 Å². The van der Waals surface area contributed by atoms with E-state index >= 15 is 0 Å². The zero-order valence-corrected chi connectivity index (χ0v) is 21.0. The molecule has 190 valence electrons. The van der Waals surface area contributed by atoms with Gasteiger partial charge in [0.2, 0.25) is 5.91 Å². The summed E-state index contributed by atoms with van der Waals surface area (Å²) < 4.78 is 12.4. The number of benzene rings is 4. The largest absolute Gasteiger partial charge is 0.497 e. The van der Waals surface area contributed by atoms with Gasteiger partial charge in [0.25, 0.3) is 5.91 Å². The third-order valence-electron chi connectivity index (χ3n) is 6.07. The van der Waals surface area contributed by atoms with Gasteiger partial charge >= 0.3 is 0 Å². The van der Waals surface area contributed by atoms with E-state index in [0.717, 1.165) is 16.6 Å². The van der Waals surface area contributed by atoms with Gasteiger partial charge in [0.05, 0.1) is 30.9 Å². The summed E-state index contributed by atoms with van der Waals surface area (Å²) in [6.07, 6.45) is 0. The van der Waals surface area contributed by atoms with Gasteiger partial charge in [-0.15, -0.1) is 0 Å². The maximum absolute atomic E-state index is 13.1. The van der Waals surface area contributed by atoms with Gasteiger partial charge in [0.1, 0.15) is 23.9 Å². The van der Waals surface area contributed by atoms with Crippen molar-refractivity contribution in [1.82, 2.24) is 9.55 Å². The number of aromatic nitrogens is 2. The SMILES string of the molecule is COc1cccc(NC(=O)c2ccc(-c3nc4ccccc4n3CC(=O)Nc3ccccc3OC)cc2)c1. The summed E-state index contributed by atoms with van der Waals surface area (Å²) in [5.74, 6) is 1.41. The standard InChI is InChI=1S/C30H26N4O4/c1-37-23-9-7-8-22(18-23)31-30(36)21-16-14-20(15-17-21)29-33-24-10-3-5-12-26(24)34(29)19-28(35)32-25-11-4-6-13-27(25)38-2/h3-18H,19H2,1-2H3,(H,31,36)(H,32,35). The molecular weight excluding hydrogens is 480 g/mol. The number of hydrogen-bond donors (Lipinski definition) is 2. The quantitative estimate of drug-likeness (QED) is 0.285. The maximum atomic E-state index is 13.1. The molecule has 0 saturated carbocycles. The molecule has 0 atom stereocenters. The highest BCUT2D eigenvalue weighted by Crippen LogP contribution is 2.27. The van der Waals surface area contributed by atoms with E-state index in [-0.39, 0.29) is 18.4 Å². The van der Waals surface area contributed by atoms with Crippen molar-refractivity contribution in [2.45, 2.75) is 6.54 Å². The Morgan fingerprint density at radius 2 is 1.58 bits per heavy atom. The number of amides is 2. The Hall–Kier alpha value is -5.11. The molecule has 4 aromatic carbocycles. The van der Waals surface area contributed by atoms with Crippen molar-refractivity contribution in [3.8, 4) is 22.9 Å². The predicted octanol–water partition coefficient (Wildman–Crippen LogP) is 5.61. The molecular formula is C30H26N4O4. The molecule has 0 saturated heterocycles. The van der Waals surface area contributed by atoms with Crippen molar-refractivity contribution in [2.75, 3.05) is 24.9 Å². The average Bonchev–Trinajstić information content (AvgIpc) is 3.31. The van der Waals surface area contributed by atoms with Gasteiger partial charge in [-0.1, -0.05) is 42.5 Å². The molecule has 0 spiro atoms. The van der Waals surface area contributed by atoms with Gasteiger partial charge in [-0.2, -0.15) is 0 Å². The Bertz CT molecular complexity index is 1610. The highest BCUT2D eigenvalue weighted by molar-refractivity contribution is 6.04. The first-order valence-corrected chi connectivity index (χ1v) is 12.0. The molecule has 8 nitrogen and oxygen atoms in total. The third-order valence-corrected chi connectivity index (χ3v) is 6.07. The molecule has 0 aliphatic heterocycles. The van der Waals surface area contributed by atoms with E-state index in [1.807, 2.05) is 65.2 Å². The van der Waals surface area contributed by atoms with Crippen LogP contribution in [0.3, 0.4) is 0 Å². The first-order valence-electron chi connectivity index (χ1n) is 12.0. The Morgan fingerprint density at radius 1 is 0.816 bits per heavy atom. The monoisotopic (exact) mass is 506 g/mol. The van der Waals surface area contributed by atoms with Crippen molar-refractivity contribution in [3.05, 3.63) is 103 Å². The van der Waals surface area contributed by atoms with E-state index in [2.05, 4.69) is 10.6 Å². The highest BCUT2D eigenvalue weighted by atomic mass is 16.5. The van der Waals surface area contributed by atoms with Crippen LogP contribution in [0.15, 0.2) is 97.1 Å². The van der Waals surface area contributed by atoms with Crippen LogP contribution in [0.25, 0.3) is 22.4 Å². The summed E-state index contributed by atoms with van der Waals surface area (Å²) in [5.41, 5.74) is 4.11. The molecule has 0 bridgehead atoms. The minimum absolute atomic E-state index is 0.0476. The Labute approximate surface area is 219 Å². The number of para-hydroxylation sites is 4. The fraction of sp³-hybridized carbons (Fsp3) is 0.100. The number of rotatable bonds is 8. The number of imidazole rings is 1. The van der Waals surface area contributed by atoms with Gasteiger partial charge in [-0.25, -0.2) is 4.98 Å². The fourth-order valence-electron chi connectivity index (χ4n) is 4.21. The van der Waals surface area contributed by atoms with Gasteiger partial charge < -0.3 is 24.7 Å². The number of nitrogens with zero attached hydrogens (tertiary/aromatic N) is 2. The molecule has 1 heterocycles. The number of nitrogens with one attached hydrogen (secondary N) is 2. The van der Waals surface area contributed by atoms with Gasteiger partial charge in [0.15, 0.2) is 0 Å². The minimum Gasteiger partial charge on any atom is -0.497 e. The van der Waals surface area contributed by atoms with Crippen LogP contribution in [0.2, 0.25) is 0 Å². The predicted molar refractivity (Wildman–Crippen MR) is 148 cm³/mol. The molecule has 8 heteroatoms. The van der Waals surface area contributed by atoms with Gasteiger partial charge in [-0.3, -0.25) is 9.59 Å². The van der Waals surface area contributed by atoms with Crippen molar-refractivity contribution in [3.63, 3.8) is 0 Å². The molecule has 5 aromatic rings. The summed E-state index contributed by atoms with van der Waals surface area (Å²) in [4.78, 5) is 30.6. The van der Waals surface area contributed by atoms with Gasteiger partial charge in [0, 0.05) is 22.9 Å². The molecule has 0 aliphatic rings. The minimum atomic E-state index is -0.241. The normalized spacial score (nSPS) is 10.7. The molecule has 0 unspecified atom stereocenters. The second-order valence-electron chi connectivity index (χ2n) is 8.52. The van der Waals surface area contributed by atoms with Crippen LogP contribution in [-0.4, -0.2) is 35.6 Å². The molecule has 1 aromatic heterocycles. The zero-order chi connectivity index (χ0) is 26.5. The van der Waals surface area contributed by atoms with Crippen LogP contribution >= 0.6 is 0 Å². The number of carbonyl (C=O) groups is 2. The van der Waals surface area contributed by atoms with Crippen LogP contribution in [-0.2, 0) is 11.3 Å².